The quantitative estimate of drug-likeness (QED) is 0.0332. The molecule has 3 saturated carbocycles. The number of allylic oxidation sites excluding steroid dienone is 4. The van der Waals surface area contributed by atoms with Crippen LogP contribution in [-0.4, -0.2) is 96.9 Å². The van der Waals surface area contributed by atoms with Crippen LogP contribution in [0.2, 0.25) is 0 Å². The molecule has 4 fully saturated rings. The number of carbonyl (C=O) groups excluding carboxylic acids is 6. The summed E-state index contributed by atoms with van der Waals surface area (Å²) in [5, 5.41) is 26.9. The van der Waals surface area contributed by atoms with E-state index < -0.39 is 85.0 Å². The summed E-state index contributed by atoms with van der Waals surface area (Å²) in [5.74, 6) is -3.51. The number of fused-ring (bicyclic) bond motifs is 10. The van der Waals surface area contributed by atoms with Gasteiger partial charge in [0.05, 0.1) is 56.3 Å². The fourth-order valence-corrected chi connectivity index (χ4v) is 15.5. The number of nitrogens with two attached hydrogens (primary N) is 1. The average molecular weight is 1150 g/mol. The zero-order chi connectivity index (χ0) is 58.6. The molecule has 6 aliphatic rings. The van der Waals surface area contributed by atoms with E-state index in [0.717, 1.165) is 34.2 Å². The first kappa shape index (κ1) is 60.4. The van der Waals surface area contributed by atoms with Crippen molar-refractivity contribution in [1.29, 1.82) is 5.26 Å². The van der Waals surface area contributed by atoms with Crippen molar-refractivity contribution in [3.8, 4) is 17.2 Å². The Hall–Kier alpha value is -6.16. The summed E-state index contributed by atoms with van der Waals surface area (Å²) in [5.41, 5.74) is 8.70. The number of phosphoric acid groups is 1. The highest BCUT2D eigenvalue weighted by Gasteiger charge is 2.76. The Morgan fingerprint density at radius 2 is 1.66 bits per heavy atom. The highest BCUT2D eigenvalue weighted by molar-refractivity contribution is 7.48. The third-order valence-corrected chi connectivity index (χ3v) is 19.8. The number of amides is 3. The van der Waals surface area contributed by atoms with Crippen LogP contribution in [0.5, 0.6) is 0 Å². The summed E-state index contributed by atoms with van der Waals surface area (Å²) in [4.78, 5) is 80.5. The molecule has 438 valence electrons. The van der Waals surface area contributed by atoms with Crippen molar-refractivity contribution in [2.24, 2.45) is 46.2 Å². The van der Waals surface area contributed by atoms with Crippen molar-refractivity contribution in [3.05, 3.63) is 119 Å². The predicted molar refractivity (Wildman–Crippen MR) is 302 cm³/mol. The Bertz CT molecular complexity index is 3020. The van der Waals surface area contributed by atoms with Gasteiger partial charge in [-0.15, -0.1) is 0 Å². The first-order valence-corrected chi connectivity index (χ1v) is 30.4. The summed E-state index contributed by atoms with van der Waals surface area (Å²) in [7, 11) is -4.56. The number of aliphatic hydroxyl groups is 1. The van der Waals surface area contributed by atoms with E-state index in [-0.39, 0.29) is 99.6 Å². The molecule has 0 bridgehead atoms. The third-order valence-electron chi connectivity index (χ3n) is 18.4. The fraction of sp³-hybridized carbons (Fsp3) is 0.540. The number of ketones is 3. The van der Waals surface area contributed by atoms with Gasteiger partial charge in [0.2, 0.25) is 5.91 Å². The lowest BCUT2D eigenvalue weighted by Crippen LogP contribution is -2.63. The average Bonchev–Trinajstić information content (AvgIpc) is 2.49. The van der Waals surface area contributed by atoms with E-state index >= 15 is 4.79 Å². The Morgan fingerprint density at radius 1 is 0.963 bits per heavy atom. The molecule has 19 heteroatoms. The zero-order valence-electron chi connectivity index (χ0n) is 47.5. The zero-order valence-corrected chi connectivity index (χ0v) is 48.4. The predicted octanol–water partition coefficient (Wildman–Crippen LogP) is 9.06. The molecule has 5 N–H and O–H groups in total. The number of ether oxygens (including phenoxy) is 3. The fourth-order valence-electron chi connectivity index (χ4n) is 14.4. The molecule has 3 amide bonds. The maximum atomic E-state index is 15.0. The Morgan fingerprint density at radius 3 is 2.33 bits per heavy atom. The second-order valence-electron chi connectivity index (χ2n) is 23.7. The number of benzene rings is 3. The van der Waals surface area contributed by atoms with Crippen molar-refractivity contribution in [3.63, 3.8) is 0 Å². The molecule has 3 aromatic rings. The van der Waals surface area contributed by atoms with E-state index in [0.29, 0.717) is 43.2 Å². The number of phosphoric ester groups is 1. The minimum atomic E-state index is -4.56. The molecular weight excluding hydrogens is 1070 g/mol. The molecule has 82 heavy (non-hydrogen) atoms. The van der Waals surface area contributed by atoms with Crippen LogP contribution in [0.3, 0.4) is 0 Å². The number of hydrogen-bond acceptors (Lipinski definition) is 15. The monoisotopic (exact) mass is 1140 g/mol. The summed E-state index contributed by atoms with van der Waals surface area (Å²) in [6, 6.07) is 23.0. The van der Waals surface area contributed by atoms with Gasteiger partial charge in [0, 0.05) is 35.6 Å². The molecule has 9 rings (SSSR count). The van der Waals surface area contributed by atoms with E-state index in [9.17, 15) is 38.9 Å². The van der Waals surface area contributed by atoms with E-state index in [4.69, 9.17) is 33.5 Å². The Labute approximate surface area is 479 Å². The standard InChI is InChI=1S/C63H77N4O14P/c1-6-13-57-80-55-33-50-47-24-23-41-31-42(68)25-26-61(41,4)58(47)53(70)34-62(50,5)63(55,81-57)54(71)37-79-82(75,77-29-12-27-64)78-35-40-21-19-39(20-22-40)30-52(69)51(18-11-28-66-60(65)74)67-59(73)48(38(2)3)32-56(72)76-36-49-45-16-9-7-14-43(45)44-15-8-10-17-46(44)49/h7-10,14-17,19-22,25-26,31,38,47-51,53,55,57-58,70H,6,11-13,18,23-24,28-30,32-37H2,1-5H3,(H,67,73)(H3,65,66,74)/t47-,48-,50-,51-,53-,55+,57?,58+,61-,62-,63+,82?/m0/s1. The van der Waals surface area contributed by atoms with E-state index in [1.54, 1.807) is 36.4 Å². The van der Waals surface area contributed by atoms with E-state index in [1.165, 1.54) is 0 Å². The van der Waals surface area contributed by atoms with E-state index in [1.807, 2.05) is 76.2 Å². The summed E-state index contributed by atoms with van der Waals surface area (Å²) >= 11 is 0. The van der Waals surface area contributed by atoms with Gasteiger partial charge in [0.1, 0.15) is 13.2 Å². The lowest BCUT2D eigenvalue weighted by Gasteiger charge is -2.59. The minimum Gasteiger partial charge on any atom is -0.465 e. The van der Waals surface area contributed by atoms with Crippen LogP contribution < -0.4 is 16.4 Å². The van der Waals surface area contributed by atoms with Crippen LogP contribution in [0.15, 0.2) is 96.6 Å². The Balaban J connectivity index is 0.836. The van der Waals surface area contributed by atoms with Crippen LogP contribution in [0.25, 0.3) is 11.1 Å². The van der Waals surface area contributed by atoms with Crippen molar-refractivity contribution in [2.45, 2.75) is 148 Å². The molecule has 1 heterocycles. The molecule has 12 atom stereocenters. The first-order chi connectivity index (χ1) is 39.2. The number of esters is 1. The van der Waals surface area contributed by atoms with Gasteiger partial charge in [-0.1, -0.05) is 125 Å². The topological polar surface area (TPSA) is 269 Å². The molecule has 3 aromatic carbocycles. The third kappa shape index (κ3) is 12.2. The molecular formula is C63H77N4O14P. The van der Waals surface area contributed by atoms with Crippen LogP contribution >= 0.6 is 7.82 Å². The van der Waals surface area contributed by atoms with Crippen LogP contribution in [0, 0.1) is 51.8 Å². The molecule has 18 nitrogen and oxygen atoms in total. The number of nitrogens with zero attached hydrogens (tertiary/aromatic N) is 1. The van der Waals surface area contributed by atoms with Gasteiger partial charge < -0.3 is 35.7 Å². The van der Waals surface area contributed by atoms with Gasteiger partial charge in [0.25, 0.3) is 0 Å². The number of nitrogens with one attached hydrogen (secondary N) is 2. The van der Waals surface area contributed by atoms with Crippen LogP contribution in [0.1, 0.15) is 127 Å². The highest BCUT2D eigenvalue weighted by Crippen LogP contribution is 2.70. The summed E-state index contributed by atoms with van der Waals surface area (Å²) in [6.07, 6.45) is 6.39. The normalized spacial score (nSPS) is 28.2. The second kappa shape index (κ2) is 25.4. The van der Waals surface area contributed by atoms with Gasteiger partial charge in [-0.2, -0.15) is 5.26 Å². The number of nitriles is 1. The first-order valence-electron chi connectivity index (χ1n) is 28.9. The van der Waals surface area contributed by atoms with Gasteiger partial charge >= 0.3 is 19.8 Å². The maximum Gasteiger partial charge on any atom is 0.475 e. The lowest BCUT2D eigenvalue weighted by atomic mass is 9.46. The SMILES string of the molecule is CCCC1O[C@@H]2C[C@H]3[C@@H]4CCC5=CC(=O)C=C[C@]5(C)[C@H]4[C@@H](O)C[C@]3(C)[C@]2(C(=O)COP(=O)(OCCC#N)OCc2ccc(CC(=O)[C@H](CCCNC(N)=O)NC(=O)[C@@H](CC(=O)OCC3c4ccccc4-c4ccccc43)C(C)C)cc2)O1. The number of aliphatic hydroxyl groups excluding tert-OH is 1. The number of carbonyl (C=O) groups is 6. The smallest absolute Gasteiger partial charge is 0.465 e. The van der Waals surface area contributed by atoms with E-state index in [2.05, 4.69) is 29.7 Å². The van der Waals surface area contributed by atoms with Crippen molar-refractivity contribution in [2.75, 3.05) is 26.4 Å². The van der Waals surface area contributed by atoms with Gasteiger partial charge in [-0.3, -0.25) is 37.5 Å². The van der Waals surface area contributed by atoms with Crippen LogP contribution in [0.4, 0.5) is 4.79 Å². The van der Waals surface area contributed by atoms with Crippen molar-refractivity contribution in [1.82, 2.24) is 10.6 Å². The number of primary amides is 1. The molecule has 1 saturated heterocycles. The molecule has 1 aliphatic heterocycles. The Kier molecular flexibility index (Phi) is 18.7. The van der Waals surface area contributed by atoms with Crippen molar-refractivity contribution >= 4 is 43.1 Å². The molecule has 2 unspecified atom stereocenters. The maximum absolute atomic E-state index is 15.0. The lowest BCUT2D eigenvalue weighted by molar-refractivity contribution is -0.200. The second-order valence-corrected chi connectivity index (χ2v) is 25.4. The molecule has 0 aromatic heterocycles. The molecule has 5 aliphatic carbocycles. The molecule has 0 radical (unpaired) electrons. The van der Waals surface area contributed by atoms with Gasteiger partial charge in [-0.05, 0) is 108 Å². The highest BCUT2D eigenvalue weighted by atomic mass is 31.2. The number of hydrogen-bond donors (Lipinski definition) is 4. The largest absolute Gasteiger partial charge is 0.475 e. The van der Waals surface area contributed by atoms with Gasteiger partial charge in [-0.25, -0.2) is 9.36 Å². The molecule has 0 spiro atoms. The van der Waals surface area contributed by atoms with Crippen LogP contribution in [-0.2, 0) is 69.3 Å². The summed E-state index contributed by atoms with van der Waals surface area (Å²) < 4.78 is 51.0. The number of Topliss-reactive ketones (excluding diaryl/α,β-unsaturated/α-hetero) is 2. The summed E-state index contributed by atoms with van der Waals surface area (Å²) in [6.45, 7) is 8.61. The minimum absolute atomic E-state index is 0.0207. The number of urea groups is 1. The number of rotatable bonds is 26. The van der Waals surface area contributed by atoms with Crippen molar-refractivity contribution < 1.29 is 66.2 Å². The van der Waals surface area contributed by atoms with Gasteiger partial charge in [0.15, 0.2) is 29.2 Å².